The van der Waals surface area contributed by atoms with Gasteiger partial charge in [0.05, 0.1) is 12.0 Å². The lowest BCUT2D eigenvalue weighted by atomic mass is 10.3. The Labute approximate surface area is 73.8 Å². The molecule has 3 heteroatoms. The molecule has 0 aromatic carbocycles. The minimum atomic E-state index is 1.06. The summed E-state index contributed by atoms with van der Waals surface area (Å²) in [6.07, 6.45) is 3.08. The van der Waals surface area contributed by atoms with Crippen LogP contribution in [-0.2, 0) is 6.54 Å². The minimum absolute atomic E-state index is 1.06. The number of hydrogen-bond acceptors (Lipinski definition) is 2. The quantitative estimate of drug-likeness (QED) is 0.681. The van der Waals surface area contributed by atoms with E-state index < -0.39 is 0 Å². The van der Waals surface area contributed by atoms with E-state index in [1.165, 1.54) is 5.69 Å². The standard InChI is InChI=1S/C9H17N3/c1-8-9(2)12(7-11-8)6-4-5-10-3/h7,10H,4-6H2,1-3H3. The molecule has 0 bridgehead atoms. The van der Waals surface area contributed by atoms with Crippen LogP contribution in [0.4, 0.5) is 0 Å². The summed E-state index contributed by atoms with van der Waals surface area (Å²) in [4.78, 5) is 4.24. The lowest BCUT2D eigenvalue weighted by Gasteiger charge is -2.04. The van der Waals surface area contributed by atoms with Crippen LogP contribution in [0, 0.1) is 13.8 Å². The van der Waals surface area contributed by atoms with Crippen LogP contribution in [-0.4, -0.2) is 23.1 Å². The first-order valence-corrected chi connectivity index (χ1v) is 4.38. The molecule has 1 heterocycles. The maximum atomic E-state index is 4.24. The number of nitrogens with zero attached hydrogens (tertiary/aromatic N) is 2. The Hall–Kier alpha value is -0.830. The summed E-state index contributed by atoms with van der Waals surface area (Å²) in [7, 11) is 1.98. The Kier molecular flexibility index (Phi) is 3.29. The fraction of sp³-hybridized carbons (Fsp3) is 0.667. The fourth-order valence-electron chi connectivity index (χ4n) is 1.20. The molecule has 1 aromatic heterocycles. The molecule has 12 heavy (non-hydrogen) atoms. The molecule has 0 fully saturated rings. The van der Waals surface area contributed by atoms with Crippen molar-refractivity contribution < 1.29 is 0 Å². The van der Waals surface area contributed by atoms with Crippen molar-refractivity contribution in [3.05, 3.63) is 17.7 Å². The Morgan fingerprint density at radius 2 is 2.25 bits per heavy atom. The smallest absolute Gasteiger partial charge is 0.0951 e. The third-order valence-corrected chi connectivity index (χ3v) is 2.17. The molecular formula is C9H17N3. The van der Waals surface area contributed by atoms with Crippen molar-refractivity contribution >= 4 is 0 Å². The summed E-state index contributed by atoms with van der Waals surface area (Å²) in [5.74, 6) is 0. The Morgan fingerprint density at radius 1 is 1.50 bits per heavy atom. The van der Waals surface area contributed by atoms with Crippen molar-refractivity contribution in [3.63, 3.8) is 0 Å². The van der Waals surface area contributed by atoms with E-state index in [0.717, 1.165) is 25.2 Å². The zero-order valence-electron chi connectivity index (χ0n) is 8.09. The number of nitrogens with one attached hydrogen (secondary N) is 1. The summed E-state index contributed by atoms with van der Waals surface area (Å²) < 4.78 is 2.20. The Bertz CT molecular complexity index is 240. The lowest BCUT2D eigenvalue weighted by Crippen LogP contribution is -2.11. The summed E-state index contributed by atoms with van der Waals surface area (Å²) in [5.41, 5.74) is 2.42. The molecule has 0 radical (unpaired) electrons. The number of hydrogen-bond donors (Lipinski definition) is 1. The Balaban J connectivity index is 2.46. The molecule has 0 atom stereocenters. The predicted molar refractivity (Wildman–Crippen MR) is 50.2 cm³/mol. The number of aryl methyl sites for hydroxylation is 2. The third-order valence-electron chi connectivity index (χ3n) is 2.17. The first-order valence-electron chi connectivity index (χ1n) is 4.38. The second-order valence-electron chi connectivity index (χ2n) is 3.07. The van der Waals surface area contributed by atoms with Crippen molar-refractivity contribution in [3.8, 4) is 0 Å². The second-order valence-corrected chi connectivity index (χ2v) is 3.07. The highest BCUT2D eigenvalue weighted by molar-refractivity contribution is 5.08. The van der Waals surface area contributed by atoms with Crippen molar-refractivity contribution in [2.24, 2.45) is 0 Å². The summed E-state index contributed by atoms with van der Waals surface area (Å²) in [6.45, 7) is 6.29. The zero-order valence-corrected chi connectivity index (χ0v) is 8.09. The van der Waals surface area contributed by atoms with Crippen LogP contribution < -0.4 is 5.32 Å². The van der Waals surface area contributed by atoms with Crippen LogP contribution in [0.15, 0.2) is 6.33 Å². The van der Waals surface area contributed by atoms with Crippen LogP contribution in [0.25, 0.3) is 0 Å². The lowest BCUT2D eigenvalue weighted by molar-refractivity contribution is 0.602. The number of aromatic nitrogens is 2. The van der Waals surface area contributed by atoms with E-state index in [1.807, 2.05) is 20.3 Å². The molecule has 0 aliphatic heterocycles. The van der Waals surface area contributed by atoms with Gasteiger partial charge < -0.3 is 9.88 Å². The van der Waals surface area contributed by atoms with Gasteiger partial charge in [0.1, 0.15) is 0 Å². The van der Waals surface area contributed by atoms with Crippen LogP contribution in [0.3, 0.4) is 0 Å². The molecule has 0 amide bonds. The largest absolute Gasteiger partial charge is 0.335 e. The Morgan fingerprint density at radius 3 is 2.75 bits per heavy atom. The van der Waals surface area contributed by atoms with E-state index in [4.69, 9.17) is 0 Å². The van der Waals surface area contributed by atoms with E-state index in [0.29, 0.717) is 0 Å². The molecule has 0 spiro atoms. The van der Waals surface area contributed by atoms with E-state index in [2.05, 4.69) is 21.8 Å². The van der Waals surface area contributed by atoms with Crippen molar-refractivity contribution in [2.75, 3.05) is 13.6 Å². The van der Waals surface area contributed by atoms with Crippen molar-refractivity contribution in [1.82, 2.24) is 14.9 Å². The van der Waals surface area contributed by atoms with Gasteiger partial charge in [-0.2, -0.15) is 0 Å². The highest BCUT2D eigenvalue weighted by Crippen LogP contribution is 2.04. The van der Waals surface area contributed by atoms with Gasteiger partial charge in [-0.3, -0.25) is 0 Å². The number of rotatable bonds is 4. The zero-order chi connectivity index (χ0) is 8.97. The normalized spacial score (nSPS) is 10.6. The molecule has 1 aromatic rings. The third kappa shape index (κ3) is 2.08. The number of imidazole rings is 1. The molecule has 1 N–H and O–H groups in total. The second kappa shape index (κ2) is 4.26. The molecule has 0 saturated heterocycles. The van der Waals surface area contributed by atoms with Crippen LogP contribution in [0.1, 0.15) is 17.8 Å². The molecule has 0 aliphatic rings. The summed E-state index contributed by atoms with van der Waals surface area (Å²) in [6, 6.07) is 0. The van der Waals surface area contributed by atoms with Gasteiger partial charge in [-0.05, 0) is 33.9 Å². The maximum absolute atomic E-state index is 4.24. The van der Waals surface area contributed by atoms with Gasteiger partial charge in [-0.15, -0.1) is 0 Å². The molecule has 0 unspecified atom stereocenters. The highest BCUT2D eigenvalue weighted by Gasteiger charge is 1.99. The maximum Gasteiger partial charge on any atom is 0.0951 e. The van der Waals surface area contributed by atoms with Crippen molar-refractivity contribution in [2.45, 2.75) is 26.8 Å². The predicted octanol–water partition coefficient (Wildman–Crippen LogP) is 1.11. The van der Waals surface area contributed by atoms with Gasteiger partial charge >= 0.3 is 0 Å². The first-order chi connectivity index (χ1) is 5.75. The fourth-order valence-corrected chi connectivity index (χ4v) is 1.20. The van der Waals surface area contributed by atoms with Crippen LogP contribution in [0.5, 0.6) is 0 Å². The molecule has 0 aliphatic carbocycles. The molecular weight excluding hydrogens is 150 g/mol. The monoisotopic (exact) mass is 167 g/mol. The molecule has 1 rings (SSSR count). The van der Waals surface area contributed by atoms with E-state index >= 15 is 0 Å². The molecule has 0 saturated carbocycles. The highest BCUT2D eigenvalue weighted by atomic mass is 15.0. The average Bonchev–Trinajstić information content (AvgIpc) is 2.36. The van der Waals surface area contributed by atoms with Gasteiger partial charge in [-0.1, -0.05) is 0 Å². The SMILES string of the molecule is CNCCCn1cnc(C)c1C. The van der Waals surface area contributed by atoms with Gasteiger partial charge in [0, 0.05) is 12.2 Å². The van der Waals surface area contributed by atoms with Crippen LogP contribution in [0.2, 0.25) is 0 Å². The summed E-state index contributed by atoms with van der Waals surface area (Å²) in [5, 5.41) is 3.13. The van der Waals surface area contributed by atoms with E-state index in [1.54, 1.807) is 0 Å². The van der Waals surface area contributed by atoms with Gasteiger partial charge in [0.25, 0.3) is 0 Å². The van der Waals surface area contributed by atoms with Gasteiger partial charge in [0.15, 0.2) is 0 Å². The molecule has 68 valence electrons. The van der Waals surface area contributed by atoms with E-state index in [-0.39, 0.29) is 0 Å². The van der Waals surface area contributed by atoms with Crippen LogP contribution >= 0.6 is 0 Å². The van der Waals surface area contributed by atoms with E-state index in [9.17, 15) is 0 Å². The average molecular weight is 167 g/mol. The van der Waals surface area contributed by atoms with Gasteiger partial charge in [0.2, 0.25) is 0 Å². The minimum Gasteiger partial charge on any atom is -0.335 e. The van der Waals surface area contributed by atoms with Crippen molar-refractivity contribution in [1.29, 1.82) is 0 Å². The summed E-state index contributed by atoms with van der Waals surface area (Å²) >= 11 is 0. The molecule has 3 nitrogen and oxygen atoms in total. The van der Waals surface area contributed by atoms with Gasteiger partial charge in [-0.25, -0.2) is 4.98 Å². The topological polar surface area (TPSA) is 29.9 Å². The first kappa shape index (κ1) is 9.26.